The Morgan fingerprint density at radius 2 is 1.97 bits per heavy atom. The van der Waals surface area contributed by atoms with Crippen LogP contribution in [0.5, 0.6) is 5.75 Å². The second-order valence-electron chi connectivity index (χ2n) is 9.15. The van der Waals surface area contributed by atoms with Gasteiger partial charge in [0.25, 0.3) is 0 Å². The van der Waals surface area contributed by atoms with Crippen molar-refractivity contribution in [3.63, 3.8) is 0 Å². The SMILES string of the molecule is COc1cccc(CN(CC2CC(c3ccccc3C)=NO2)C(=O)CC(C)(C)C)c1. The minimum atomic E-state index is -0.144. The molecular weight excluding hydrogens is 376 g/mol. The number of nitrogens with zero attached hydrogens (tertiary/aromatic N) is 2. The second-order valence-corrected chi connectivity index (χ2v) is 9.15. The molecule has 0 spiro atoms. The Hall–Kier alpha value is -2.82. The molecule has 0 saturated heterocycles. The summed E-state index contributed by atoms with van der Waals surface area (Å²) in [5.41, 5.74) is 4.19. The number of benzene rings is 2. The van der Waals surface area contributed by atoms with Crippen molar-refractivity contribution >= 4 is 11.6 Å². The number of carbonyl (C=O) groups is 1. The minimum Gasteiger partial charge on any atom is -0.497 e. The molecular formula is C25H32N2O3. The fourth-order valence-electron chi connectivity index (χ4n) is 3.64. The third-order valence-corrected chi connectivity index (χ3v) is 5.15. The Kier molecular flexibility index (Phi) is 6.80. The van der Waals surface area contributed by atoms with Crippen molar-refractivity contribution < 1.29 is 14.4 Å². The van der Waals surface area contributed by atoms with Crippen molar-refractivity contribution in [1.82, 2.24) is 4.90 Å². The van der Waals surface area contributed by atoms with Gasteiger partial charge in [-0.15, -0.1) is 0 Å². The molecule has 0 radical (unpaired) electrons. The first-order valence-electron chi connectivity index (χ1n) is 10.4. The first-order valence-corrected chi connectivity index (χ1v) is 10.4. The molecule has 3 rings (SSSR count). The van der Waals surface area contributed by atoms with E-state index in [1.165, 1.54) is 5.56 Å². The van der Waals surface area contributed by atoms with Crippen molar-refractivity contribution in [2.24, 2.45) is 10.6 Å². The monoisotopic (exact) mass is 408 g/mol. The fourth-order valence-corrected chi connectivity index (χ4v) is 3.64. The lowest BCUT2D eigenvalue weighted by molar-refractivity contribution is -0.135. The van der Waals surface area contributed by atoms with Crippen LogP contribution < -0.4 is 4.74 Å². The zero-order valence-corrected chi connectivity index (χ0v) is 18.6. The van der Waals surface area contributed by atoms with E-state index >= 15 is 0 Å². The van der Waals surface area contributed by atoms with Crippen LogP contribution >= 0.6 is 0 Å². The summed E-state index contributed by atoms with van der Waals surface area (Å²) >= 11 is 0. The second kappa shape index (κ2) is 9.33. The summed E-state index contributed by atoms with van der Waals surface area (Å²) in [6.07, 6.45) is 1.03. The van der Waals surface area contributed by atoms with Crippen LogP contribution in [0.15, 0.2) is 53.7 Å². The summed E-state index contributed by atoms with van der Waals surface area (Å²) in [6.45, 7) is 9.35. The van der Waals surface area contributed by atoms with Gasteiger partial charge in [0.2, 0.25) is 5.91 Å². The molecule has 160 valence electrons. The summed E-state index contributed by atoms with van der Waals surface area (Å²) < 4.78 is 5.34. The van der Waals surface area contributed by atoms with Gasteiger partial charge in [-0.05, 0) is 35.6 Å². The Morgan fingerprint density at radius 1 is 1.20 bits per heavy atom. The van der Waals surface area contributed by atoms with E-state index in [1.807, 2.05) is 41.3 Å². The van der Waals surface area contributed by atoms with E-state index in [2.05, 4.69) is 45.0 Å². The Balaban J connectivity index is 1.72. The molecule has 1 aliphatic heterocycles. The Labute approximate surface area is 179 Å². The predicted molar refractivity (Wildman–Crippen MR) is 120 cm³/mol. The quantitative estimate of drug-likeness (QED) is 0.650. The lowest BCUT2D eigenvalue weighted by Gasteiger charge is -2.28. The van der Waals surface area contributed by atoms with E-state index in [9.17, 15) is 4.79 Å². The number of hydrogen-bond acceptors (Lipinski definition) is 4. The van der Waals surface area contributed by atoms with Gasteiger partial charge in [-0.1, -0.05) is 62.3 Å². The van der Waals surface area contributed by atoms with E-state index in [1.54, 1.807) is 7.11 Å². The molecule has 0 N–H and O–H groups in total. The summed E-state index contributed by atoms with van der Waals surface area (Å²) in [5, 5.41) is 4.33. The number of carbonyl (C=O) groups excluding carboxylic acids is 1. The molecule has 1 amide bonds. The largest absolute Gasteiger partial charge is 0.497 e. The topological polar surface area (TPSA) is 51.1 Å². The lowest BCUT2D eigenvalue weighted by atomic mass is 9.91. The first-order chi connectivity index (χ1) is 14.2. The third-order valence-electron chi connectivity index (χ3n) is 5.15. The highest BCUT2D eigenvalue weighted by Crippen LogP contribution is 2.24. The van der Waals surface area contributed by atoms with Crippen LogP contribution in [0.3, 0.4) is 0 Å². The number of hydrogen-bond donors (Lipinski definition) is 0. The number of ether oxygens (including phenoxy) is 1. The molecule has 5 nitrogen and oxygen atoms in total. The summed E-state index contributed by atoms with van der Waals surface area (Å²) in [4.78, 5) is 20.7. The van der Waals surface area contributed by atoms with E-state index < -0.39 is 0 Å². The minimum absolute atomic E-state index is 0.0803. The molecule has 0 aliphatic carbocycles. The average molecular weight is 409 g/mol. The van der Waals surface area contributed by atoms with Gasteiger partial charge >= 0.3 is 0 Å². The summed E-state index contributed by atoms with van der Waals surface area (Å²) in [5.74, 6) is 0.913. The van der Waals surface area contributed by atoms with Crippen molar-refractivity contribution in [3.05, 3.63) is 65.2 Å². The van der Waals surface area contributed by atoms with Gasteiger partial charge in [0.1, 0.15) is 5.75 Å². The van der Waals surface area contributed by atoms with Gasteiger partial charge in [0, 0.05) is 24.9 Å². The standard InChI is InChI=1S/C25H32N2O3/c1-18-9-6-7-12-22(18)23-14-21(30-26-23)17-27(24(28)15-25(2,3)4)16-19-10-8-11-20(13-19)29-5/h6-13,21H,14-17H2,1-5H3. The third kappa shape index (κ3) is 5.85. The molecule has 1 atom stereocenters. The summed E-state index contributed by atoms with van der Waals surface area (Å²) in [7, 11) is 1.65. The molecule has 1 aliphatic rings. The van der Waals surface area contributed by atoms with Crippen molar-refractivity contribution in [2.75, 3.05) is 13.7 Å². The van der Waals surface area contributed by atoms with Crippen LogP contribution in [0.1, 0.15) is 50.3 Å². The molecule has 0 aromatic heterocycles. The highest BCUT2D eigenvalue weighted by atomic mass is 16.6. The number of amides is 1. The van der Waals surface area contributed by atoms with Crippen LogP contribution in [0.2, 0.25) is 0 Å². The summed E-state index contributed by atoms with van der Waals surface area (Å²) in [6, 6.07) is 16.0. The number of methoxy groups -OCH3 is 1. The molecule has 0 saturated carbocycles. The zero-order valence-electron chi connectivity index (χ0n) is 18.6. The molecule has 2 aromatic carbocycles. The average Bonchev–Trinajstić information content (AvgIpc) is 3.15. The predicted octanol–water partition coefficient (Wildman–Crippen LogP) is 4.96. The Bertz CT molecular complexity index is 915. The van der Waals surface area contributed by atoms with Crippen molar-refractivity contribution in [3.8, 4) is 5.75 Å². The van der Waals surface area contributed by atoms with Gasteiger partial charge in [-0.3, -0.25) is 4.79 Å². The van der Waals surface area contributed by atoms with Crippen LogP contribution in [0.4, 0.5) is 0 Å². The van der Waals surface area contributed by atoms with Crippen LogP contribution in [0, 0.1) is 12.3 Å². The number of aryl methyl sites for hydroxylation is 1. The Morgan fingerprint density at radius 3 is 2.67 bits per heavy atom. The van der Waals surface area contributed by atoms with Crippen LogP contribution in [-0.4, -0.2) is 36.3 Å². The number of oxime groups is 1. The fraction of sp³-hybridized carbons (Fsp3) is 0.440. The first kappa shape index (κ1) is 21.9. The van der Waals surface area contributed by atoms with E-state index in [4.69, 9.17) is 9.57 Å². The van der Waals surface area contributed by atoms with Crippen LogP contribution in [0.25, 0.3) is 0 Å². The van der Waals surface area contributed by atoms with Gasteiger partial charge < -0.3 is 14.5 Å². The van der Waals surface area contributed by atoms with Crippen molar-refractivity contribution in [2.45, 2.75) is 53.2 Å². The van der Waals surface area contributed by atoms with Gasteiger partial charge in [0.15, 0.2) is 6.10 Å². The highest BCUT2D eigenvalue weighted by Gasteiger charge is 2.29. The maximum Gasteiger partial charge on any atom is 0.223 e. The van der Waals surface area contributed by atoms with E-state index in [0.717, 1.165) is 22.6 Å². The van der Waals surface area contributed by atoms with Crippen LogP contribution in [-0.2, 0) is 16.2 Å². The number of rotatable bonds is 7. The van der Waals surface area contributed by atoms with Gasteiger partial charge in [0.05, 0.1) is 19.4 Å². The maximum atomic E-state index is 13.1. The van der Waals surface area contributed by atoms with Gasteiger partial charge in [-0.2, -0.15) is 0 Å². The molecule has 1 heterocycles. The molecule has 0 bridgehead atoms. The molecule has 1 unspecified atom stereocenters. The normalized spacial score (nSPS) is 16.0. The molecule has 2 aromatic rings. The smallest absolute Gasteiger partial charge is 0.223 e. The zero-order chi connectivity index (χ0) is 21.7. The molecule has 0 fully saturated rings. The van der Waals surface area contributed by atoms with Gasteiger partial charge in [-0.25, -0.2) is 0 Å². The molecule has 30 heavy (non-hydrogen) atoms. The highest BCUT2D eigenvalue weighted by molar-refractivity contribution is 6.02. The van der Waals surface area contributed by atoms with Crippen molar-refractivity contribution in [1.29, 1.82) is 0 Å². The molecule has 5 heteroatoms. The lowest BCUT2D eigenvalue weighted by Crippen LogP contribution is -2.38. The van der Waals surface area contributed by atoms with E-state index in [-0.39, 0.29) is 17.4 Å². The van der Waals surface area contributed by atoms with E-state index in [0.29, 0.717) is 25.9 Å². The maximum absolute atomic E-state index is 13.1.